The summed E-state index contributed by atoms with van der Waals surface area (Å²) in [4.78, 5) is 13.3. The van der Waals surface area contributed by atoms with Gasteiger partial charge in [0.2, 0.25) is 0 Å². The summed E-state index contributed by atoms with van der Waals surface area (Å²) in [6, 6.07) is 0. The molecule has 0 aromatic heterocycles. The normalized spacial score (nSPS) is 31.5. The highest BCUT2D eigenvalue weighted by atomic mass is 16.5. The van der Waals surface area contributed by atoms with Crippen molar-refractivity contribution in [1.29, 1.82) is 0 Å². The van der Waals surface area contributed by atoms with Crippen LogP contribution in [-0.4, -0.2) is 47.3 Å². The summed E-state index contributed by atoms with van der Waals surface area (Å²) in [6.07, 6.45) is 1.56. The van der Waals surface area contributed by atoms with Crippen LogP contribution < -0.4 is 0 Å². The van der Waals surface area contributed by atoms with Crippen LogP contribution in [0.5, 0.6) is 0 Å². The van der Waals surface area contributed by atoms with Crippen molar-refractivity contribution in [3.63, 3.8) is 0 Å². The highest BCUT2D eigenvalue weighted by molar-refractivity contribution is 5.82. The molecule has 0 saturated carbocycles. The van der Waals surface area contributed by atoms with Crippen molar-refractivity contribution < 1.29 is 14.6 Å². The van der Waals surface area contributed by atoms with Crippen molar-refractivity contribution in [3.05, 3.63) is 0 Å². The van der Waals surface area contributed by atoms with E-state index in [1.165, 1.54) is 0 Å². The molecule has 74 valence electrons. The predicted molar refractivity (Wildman–Crippen MR) is 46.2 cm³/mol. The molecule has 1 amide bonds. The first kappa shape index (κ1) is 8.97. The lowest BCUT2D eigenvalue weighted by Gasteiger charge is -2.44. The molecule has 0 radical (unpaired) electrons. The van der Waals surface area contributed by atoms with Crippen LogP contribution in [0, 0.1) is 0 Å². The molecule has 0 aromatic carbocycles. The zero-order valence-electron chi connectivity index (χ0n) is 7.82. The quantitative estimate of drug-likeness (QED) is 0.613. The number of amides is 1. The van der Waals surface area contributed by atoms with E-state index in [-0.39, 0.29) is 12.0 Å². The maximum absolute atomic E-state index is 11.6. The number of carbonyl (C=O) groups excluding carboxylic acids is 1. The molecular weight excluding hydrogens is 170 g/mol. The molecule has 2 fully saturated rings. The molecule has 0 bridgehead atoms. The Morgan fingerprint density at radius 3 is 2.77 bits per heavy atom. The van der Waals surface area contributed by atoms with Gasteiger partial charge in [0.05, 0.1) is 18.7 Å². The van der Waals surface area contributed by atoms with Crippen molar-refractivity contribution in [2.24, 2.45) is 0 Å². The Bertz CT molecular complexity index is 213. The van der Waals surface area contributed by atoms with Crippen LogP contribution in [0.3, 0.4) is 0 Å². The SMILES string of the molecule is CC1(O)CN(C(=O)[C@@H]2CCCO2)C1. The topological polar surface area (TPSA) is 49.8 Å². The molecule has 13 heavy (non-hydrogen) atoms. The van der Waals surface area contributed by atoms with Crippen molar-refractivity contribution >= 4 is 5.91 Å². The number of aliphatic hydroxyl groups is 1. The van der Waals surface area contributed by atoms with Crippen molar-refractivity contribution in [2.75, 3.05) is 19.7 Å². The van der Waals surface area contributed by atoms with E-state index in [0.717, 1.165) is 12.8 Å². The fourth-order valence-corrected chi connectivity index (χ4v) is 1.91. The van der Waals surface area contributed by atoms with E-state index in [1.54, 1.807) is 11.8 Å². The lowest BCUT2D eigenvalue weighted by molar-refractivity contribution is -0.161. The van der Waals surface area contributed by atoms with Gasteiger partial charge in [0.25, 0.3) is 5.91 Å². The van der Waals surface area contributed by atoms with E-state index in [9.17, 15) is 9.90 Å². The van der Waals surface area contributed by atoms with Gasteiger partial charge in [-0.3, -0.25) is 4.79 Å². The highest BCUT2D eigenvalue weighted by Gasteiger charge is 2.42. The van der Waals surface area contributed by atoms with E-state index >= 15 is 0 Å². The average Bonchev–Trinajstić information content (AvgIpc) is 2.50. The summed E-state index contributed by atoms with van der Waals surface area (Å²) in [7, 11) is 0. The third-order valence-electron chi connectivity index (χ3n) is 2.58. The second-order valence-electron chi connectivity index (χ2n) is 4.19. The minimum Gasteiger partial charge on any atom is -0.386 e. The summed E-state index contributed by atoms with van der Waals surface area (Å²) in [5.41, 5.74) is -0.672. The second kappa shape index (κ2) is 2.96. The molecule has 1 atom stereocenters. The lowest BCUT2D eigenvalue weighted by Crippen LogP contribution is -2.63. The maximum atomic E-state index is 11.6. The molecule has 1 N–H and O–H groups in total. The molecule has 0 unspecified atom stereocenters. The summed E-state index contributed by atoms with van der Waals surface area (Å²) < 4.78 is 5.27. The van der Waals surface area contributed by atoms with Gasteiger partial charge in [0.1, 0.15) is 6.10 Å². The monoisotopic (exact) mass is 185 g/mol. The van der Waals surface area contributed by atoms with Crippen LogP contribution in [0.4, 0.5) is 0 Å². The minimum absolute atomic E-state index is 0.0454. The molecule has 2 rings (SSSR count). The summed E-state index contributed by atoms with van der Waals surface area (Å²) in [5, 5.41) is 9.44. The first-order valence-corrected chi connectivity index (χ1v) is 4.71. The van der Waals surface area contributed by atoms with Gasteiger partial charge in [0.15, 0.2) is 0 Å². The zero-order valence-corrected chi connectivity index (χ0v) is 7.82. The highest BCUT2D eigenvalue weighted by Crippen LogP contribution is 2.23. The Kier molecular flexibility index (Phi) is 2.04. The van der Waals surface area contributed by atoms with Crippen LogP contribution in [-0.2, 0) is 9.53 Å². The fraction of sp³-hybridized carbons (Fsp3) is 0.889. The third kappa shape index (κ3) is 1.69. The molecule has 2 heterocycles. The van der Waals surface area contributed by atoms with Gasteiger partial charge >= 0.3 is 0 Å². The molecule has 0 aromatic rings. The van der Waals surface area contributed by atoms with Gasteiger partial charge in [0, 0.05) is 6.61 Å². The molecular formula is C9H15NO3. The average molecular weight is 185 g/mol. The van der Waals surface area contributed by atoms with Crippen molar-refractivity contribution in [2.45, 2.75) is 31.5 Å². The number of carbonyl (C=O) groups is 1. The predicted octanol–water partition coefficient (Wildman–Crippen LogP) is -0.241. The largest absolute Gasteiger partial charge is 0.386 e. The van der Waals surface area contributed by atoms with Crippen LogP contribution in [0.15, 0.2) is 0 Å². The maximum Gasteiger partial charge on any atom is 0.251 e. The molecule has 4 heteroatoms. The number of β-amino-alcohol motifs (C(OH)–C–C–N with tert-alkyl or cyclic N) is 1. The van der Waals surface area contributed by atoms with E-state index in [2.05, 4.69) is 0 Å². The summed E-state index contributed by atoms with van der Waals surface area (Å²) >= 11 is 0. The smallest absolute Gasteiger partial charge is 0.251 e. The zero-order chi connectivity index (χ0) is 9.47. The first-order chi connectivity index (χ1) is 6.08. The van der Waals surface area contributed by atoms with E-state index in [0.29, 0.717) is 19.7 Å². The first-order valence-electron chi connectivity index (χ1n) is 4.71. The van der Waals surface area contributed by atoms with Gasteiger partial charge in [-0.1, -0.05) is 0 Å². The van der Waals surface area contributed by atoms with Crippen molar-refractivity contribution in [1.82, 2.24) is 4.90 Å². The van der Waals surface area contributed by atoms with Gasteiger partial charge in [-0.15, -0.1) is 0 Å². The van der Waals surface area contributed by atoms with Gasteiger partial charge in [-0.05, 0) is 19.8 Å². The number of hydrogen-bond donors (Lipinski definition) is 1. The number of hydrogen-bond acceptors (Lipinski definition) is 3. The minimum atomic E-state index is -0.672. The molecule has 2 aliphatic rings. The summed E-state index contributed by atoms with van der Waals surface area (Å²) in [6.45, 7) is 3.34. The molecule has 2 aliphatic heterocycles. The number of nitrogens with zero attached hydrogens (tertiary/aromatic N) is 1. The van der Waals surface area contributed by atoms with Gasteiger partial charge < -0.3 is 14.7 Å². The molecule has 0 aliphatic carbocycles. The van der Waals surface area contributed by atoms with E-state index in [1.807, 2.05) is 0 Å². The van der Waals surface area contributed by atoms with Crippen LogP contribution in [0.2, 0.25) is 0 Å². The second-order valence-corrected chi connectivity index (χ2v) is 4.19. The Balaban J connectivity index is 1.85. The lowest BCUT2D eigenvalue weighted by atomic mass is 9.96. The Hall–Kier alpha value is -0.610. The Morgan fingerprint density at radius 2 is 2.31 bits per heavy atom. The fourth-order valence-electron chi connectivity index (χ4n) is 1.91. The Morgan fingerprint density at radius 1 is 1.62 bits per heavy atom. The van der Waals surface area contributed by atoms with Crippen LogP contribution in [0.25, 0.3) is 0 Å². The van der Waals surface area contributed by atoms with E-state index in [4.69, 9.17) is 4.74 Å². The Labute approximate surface area is 77.5 Å². The molecule has 2 saturated heterocycles. The molecule has 0 spiro atoms. The van der Waals surface area contributed by atoms with Crippen LogP contribution >= 0.6 is 0 Å². The number of ether oxygens (including phenoxy) is 1. The molecule has 4 nitrogen and oxygen atoms in total. The van der Waals surface area contributed by atoms with Gasteiger partial charge in [-0.2, -0.15) is 0 Å². The third-order valence-corrected chi connectivity index (χ3v) is 2.58. The van der Waals surface area contributed by atoms with Gasteiger partial charge in [-0.25, -0.2) is 0 Å². The van der Waals surface area contributed by atoms with Crippen LogP contribution in [0.1, 0.15) is 19.8 Å². The number of likely N-dealkylation sites (tertiary alicyclic amines) is 1. The van der Waals surface area contributed by atoms with Crippen molar-refractivity contribution in [3.8, 4) is 0 Å². The standard InChI is InChI=1S/C9H15NO3/c1-9(12)5-10(6-9)8(11)7-3-2-4-13-7/h7,12H,2-6H2,1H3/t7-/m0/s1. The van der Waals surface area contributed by atoms with E-state index < -0.39 is 5.60 Å². The summed E-state index contributed by atoms with van der Waals surface area (Å²) in [5.74, 6) is 0.0454. The number of rotatable bonds is 1.